The number of rotatable bonds is 3. The number of amides is 1. The average Bonchev–Trinajstić information content (AvgIpc) is 2.73. The van der Waals surface area contributed by atoms with E-state index < -0.39 is 11.9 Å². The minimum atomic E-state index is -1.09. The first-order valence-corrected chi connectivity index (χ1v) is 7.33. The van der Waals surface area contributed by atoms with Crippen LogP contribution in [0.4, 0.5) is 5.00 Å². The standard InChI is InChI=1S/C12H8BrClN2O3S/c1-5-2-8(12(18)19)11(20-5)16-10(17)7-3-6(13)4-15-9(7)14/h2-4H,1H3,(H,16,17)(H,18,19). The molecule has 104 valence electrons. The third-order valence-electron chi connectivity index (χ3n) is 2.36. The summed E-state index contributed by atoms with van der Waals surface area (Å²) in [6, 6.07) is 3.02. The molecule has 5 nitrogen and oxygen atoms in total. The van der Waals surface area contributed by atoms with E-state index in [0.717, 1.165) is 4.88 Å². The van der Waals surface area contributed by atoms with Gasteiger partial charge in [-0.15, -0.1) is 11.3 Å². The molecular weight excluding hydrogens is 368 g/mol. The first-order chi connectivity index (χ1) is 9.38. The van der Waals surface area contributed by atoms with Crippen LogP contribution in [0.2, 0.25) is 5.15 Å². The lowest BCUT2D eigenvalue weighted by Crippen LogP contribution is -2.14. The molecule has 0 fully saturated rings. The summed E-state index contributed by atoms with van der Waals surface area (Å²) in [4.78, 5) is 27.8. The summed E-state index contributed by atoms with van der Waals surface area (Å²) in [7, 11) is 0. The molecule has 0 radical (unpaired) electrons. The second-order valence-corrected chi connectivity index (χ2v) is 6.38. The first kappa shape index (κ1) is 15.0. The molecule has 2 aromatic rings. The van der Waals surface area contributed by atoms with Gasteiger partial charge in [0.05, 0.1) is 11.1 Å². The van der Waals surface area contributed by atoms with Crippen LogP contribution in [-0.2, 0) is 0 Å². The predicted molar refractivity (Wildman–Crippen MR) is 80.9 cm³/mol. The van der Waals surface area contributed by atoms with Crippen molar-refractivity contribution in [1.29, 1.82) is 0 Å². The maximum Gasteiger partial charge on any atom is 0.338 e. The van der Waals surface area contributed by atoms with Gasteiger partial charge in [0.2, 0.25) is 0 Å². The van der Waals surface area contributed by atoms with Gasteiger partial charge in [0, 0.05) is 15.5 Å². The summed E-state index contributed by atoms with van der Waals surface area (Å²) >= 11 is 10.2. The Bertz CT molecular complexity index is 702. The van der Waals surface area contributed by atoms with E-state index in [1.54, 1.807) is 6.92 Å². The molecule has 0 aliphatic heterocycles. The maximum absolute atomic E-state index is 12.1. The second-order valence-electron chi connectivity index (χ2n) is 3.85. The van der Waals surface area contributed by atoms with Crippen molar-refractivity contribution in [2.45, 2.75) is 6.92 Å². The van der Waals surface area contributed by atoms with Crippen LogP contribution in [0.15, 0.2) is 22.8 Å². The van der Waals surface area contributed by atoms with E-state index in [4.69, 9.17) is 16.7 Å². The van der Waals surface area contributed by atoms with Gasteiger partial charge in [-0.1, -0.05) is 11.6 Å². The molecule has 0 spiro atoms. The number of carboxylic acids is 1. The van der Waals surface area contributed by atoms with E-state index in [0.29, 0.717) is 4.47 Å². The average molecular weight is 376 g/mol. The quantitative estimate of drug-likeness (QED) is 0.799. The van der Waals surface area contributed by atoms with Crippen molar-refractivity contribution in [2.24, 2.45) is 0 Å². The highest BCUT2D eigenvalue weighted by Gasteiger charge is 2.18. The maximum atomic E-state index is 12.1. The van der Waals surface area contributed by atoms with Gasteiger partial charge in [-0.25, -0.2) is 9.78 Å². The highest BCUT2D eigenvalue weighted by molar-refractivity contribution is 9.10. The molecule has 0 aliphatic rings. The highest BCUT2D eigenvalue weighted by atomic mass is 79.9. The SMILES string of the molecule is Cc1cc(C(=O)O)c(NC(=O)c2cc(Br)cnc2Cl)s1. The number of aromatic nitrogens is 1. The summed E-state index contributed by atoms with van der Waals surface area (Å²) in [5.41, 5.74) is 0.225. The fourth-order valence-electron chi connectivity index (χ4n) is 1.52. The Balaban J connectivity index is 2.32. The van der Waals surface area contributed by atoms with Crippen molar-refractivity contribution in [2.75, 3.05) is 5.32 Å². The third-order valence-corrected chi connectivity index (χ3v) is 4.06. The normalized spacial score (nSPS) is 10.3. The lowest BCUT2D eigenvalue weighted by molar-refractivity contribution is 0.0698. The zero-order valence-electron chi connectivity index (χ0n) is 10.1. The van der Waals surface area contributed by atoms with E-state index in [1.807, 2.05) is 0 Å². The van der Waals surface area contributed by atoms with E-state index in [-0.39, 0.29) is 21.3 Å². The number of hydrogen-bond donors (Lipinski definition) is 2. The molecule has 0 atom stereocenters. The van der Waals surface area contributed by atoms with Crippen LogP contribution in [-0.4, -0.2) is 22.0 Å². The Hall–Kier alpha value is -1.44. The van der Waals surface area contributed by atoms with E-state index >= 15 is 0 Å². The Morgan fingerprint density at radius 3 is 2.75 bits per heavy atom. The number of aryl methyl sites for hydroxylation is 1. The molecule has 0 aromatic carbocycles. The van der Waals surface area contributed by atoms with Crippen molar-refractivity contribution < 1.29 is 14.7 Å². The monoisotopic (exact) mass is 374 g/mol. The molecule has 0 unspecified atom stereocenters. The number of anilines is 1. The van der Waals surface area contributed by atoms with Gasteiger partial charge >= 0.3 is 5.97 Å². The molecule has 0 aliphatic carbocycles. The minimum Gasteiger partial charge on any atom is -0.478 e. The number of carboxylic acid groups (broad SMARTS) is 1. The van der Waals surface area contributed by atoms with Gasteiger partial charge in [0.15, 0.2) is 0 Å². The van der Waals surface area contributed by atoms with Gasteiger partial charge in [-0.05, 0) is 35.0 Å². The zero-order valence-corrected chi connectivity index (χ0v) is 13.3. The number of aromatic carboxylic acids is 1. The van der Waals surface area contributed by atoms with Crippen LogP contribution < -0.4 is 5.32 Å². The number of pyridine rings is 1. The van der Waals surface area contributed by atoms with Crippen LogP contribution in [0.5, 0.6) is 0 Å². The molecule has 2 heterocycles. The summed E-state index contributed by atoms with van der Waals surface area (Å²) in [5, 5.41) is 11.9. The van der Waals surface area contributed by atoms with Gasteiger partial charge in [-0.2, -0.15) is 0 Å². The molecular formula is C12H8BrClN2O3S. The minimum absolute atomic E-state index is 0.0517. The number of carbonyl (C=O) groups excluding carboxylic acids is 1. The topological polar surface area (TPSA) is 79.3 Å². The molecule has 2 N–H and O–H groups in total. The molecule has 8 heteroatoms. The third kappa shape index (κ3) is 3.17. The summed E-state index contributed by atoms with van der Waals surface area (Å²) < 4.78 is 0.605. The predicted octanol–water partition coefficient (Wildman–Crippen LogP) is 3.82. The van der Waals surface area contributed by atoms with E-state index in [9.17, 15) is 9.59 Å². The van der Waals surface area contributed by atoms with Gasteiger partial charge in [-0.3, -0.25) is 4.79 Å². The fraction of sp³-hybridized carbons (Fsp3) is 0.0833. The molecule has 2 aromatic heterocycles. The van der Waals surface area contributed by atoms with Crippen LogP contribution >= 0.6 is 38.9 Å². The second kappa shape index (κ2) is 5.90. The lowest BCUT2D eigenvalue weighted by Gasteiger charge is -2.05. The number of carbonyl (C=O) groups is 2. The van der Waals surface area contributed by atoms with Crippen LogP contribution in [0, 0.1) is 6.92 Å². The van der Waals surface area contributed by atoms with Crippen LogP contribution in [0.1, 0.15) is 25.6 Å². The number of nitrogens with one attached hydrogen (secondary N) is 1. The van der Waals surface area contributed by atoms with Crippen molar-refractivity contribution in [3.8, 4) is 0 Å². The Morgan fingerprint density at radius 2 is 2.10 bits per heavy atom. The number of hydrogen-bond acceptors (Lipinski definition) is 4. The number of thiophene rings is 1. The van der Waals surface area contributed by atoms with Crippen LogP contribution in [0.25, 0.3) is 0 Å². The molecule has 0 saturated heterocycles. The summed E-state index contributed by atoms with van der Waals surface area (Å²) in [6.07, 6.45) is 1.47. The van der Waals surface area contributed by atoms with Crippen molar-refractivity contribution in [1.82, 2.24) is 4.98 Å². The molecule has 2 rings (SSSR count). The van der Waals surface area contributed by atoms with Crippen molar-refractivity contribution in [3.05, 3.63) is 44.0 Å². The zero-order chi connectivity index (χ0) is 14.9. The van der Waals surface area contributed by atoms with Crippen molar-refractivity contribution in [3.63, 3.8) is 0 Å². The highest BCUT2D eigenvalue weighted by Crippen LogP contribution is 2.29. The van der Waals surface area contributed by atoms with Crippen molar-refractivity contribution >= 4 is 55.7 Å². The summed E-state index contributed by atoms with van der Waals surface area (Å²) in [5.74, 6) is -1.60. The van der Waals surface area contributed by atoms with E-state index in [1.165, 1.54) is 29.7 Å². The molecule has 1 amide bonds. The Labute approximate surface area is 131 Å². The van der Waals surface area contributed by atoms with Gasteiger partial charge < -0.3 is 10.4 Å². The smallest absolute Gasteiger partial charge is 0.338 e. The first-order valence-electron chi connectivity index (χ1n) is 5.34. The Kier molecular flexibility index (Phi) is 4.42. The lowest BCUT2D eigenvalue weighted by atomic mass is 10.2. The van der Waals surface area contributed by atoms with Crippen LogP contribution in [0.3, 0.4) is 0 Å². The fourth-order valence-corrected chi connectivity index (χ4v) is 2.94. The number of nitrogens with zero attached hydrogens (tertiary/aromatic N) is 1. The largest absolute Gasteiger partial charge is 0.478 e. The molecule has 0 saturated carbocycles. The van der Waals surface area contributed by atoms with Gasteiger partial charge in [0.1, 0.15) is 10.2 Å². The van der Waals surface area contributed by atoms with Gasteiger partial charge in [0.25, 0.3) is 5.91 Å². The molecule has 20 heavy (non-hydrogen) atoms. The summed E-state index contributed by atoms with van der Waals surface area (Å²) in [6.45, 7) is 1.76. The molecule has 0 bridgehead atoms. The van der Waals surface area contributed by atoms with E-state index in [2.05, 4.69) is 26.2 Å². The number of halogens is 2. The Morgan fingerprint density at radius 1 is 1.40 bits per heavy atom.